The molecule has 0 bridgehead atoms. The Labute approximate surface area is 101 Å². The first kappa shape index (κ1) is 15.3. The lowest BCUT2D eigenvalue weighted by molar-refractivity contribution is 0.581. The van der Waals surface area contributed by atoms with E-state index >= 15 is 0 Å². The smallest absolute Gasteiger partial charge is 0.0520 e. The van der Waals surface area contributed by atoms with Crippen LogP contribution in [0, 0.1) is 0 Å². The first-order chi connectivity index (χ1) is 7.21. The molecule has 0 spiro atoms. The van der Waals surface area contributed by atoms with Gasteiger partial charge in [-0.15, -0.1) is 0 Å². The summed E-state index contributed by atoms with van der Waals surface area (Å²) in [6.07, 6.45) is 8.69. The van der Waals surface area contributed by atoms with Crippen LogP contribution in [-0.4, -0.2) is 23.5 Å². The normalized spacial score (nSPS) is 14.1. The van der Waals surface area contributed by atoms with Gasteiger partial charge in [0, 0.05) is 0 Å². The van der Waals surface area contributed by atoms with Gasteiger partial charge in [-0.25, -0.2) is 0 Å². The second-order valence-electron chi connectivity index (χ2n) is 6.25. The van der Waals surface area contributed by atoms with E-state index in [0.29, 0.717) is 0 Å². The number of hydrogen-bond acceptors (Lipinski definition) is 2. The zero-order valence-electron chi connectivity index (χ0n) is 11.9. The maximum Gasteiger partial charge on any atom is 0.0520 e. The van der Waals surface area contributed by atoms with Crippen molar-refractivity contribution in [3.63, 3.8) is 0 Å². The van der Waals surface area contributed by atoms with Gasteiger partial charge in [0.15, 0.2) is 0 Å². The maximum atomic E-state index is 4.45. The number of rotatable bonds is 5. The van der Waals surface area contributed by atoms with E-state index in [0.717, 1.165) is 12.8 Å². The van der Waals surface area contributed by atoms with Crippen LogP contribution in [0.4, 0.5) is 0 Å². The number of aliphatic imine (C=N–C) groups is 2. The zero-order valence-corrected chi connectivity index (χ0v) is 11.9. The van der Waals surface area contributed by atoms with E-state index in [-0.39, 0.29) is 11.1 Å². The summed E-state index contributed by atoms with van der Waals surface area (Å²) in [4.78, 5) is 8.91. The second kappa shape index (κ2) is 6.82. The van der Waals surface area contributed by atoms with Crippen molar-refractivity contribution >= 4 is 12.4 Å². The molecule has 0 saturated heterocycles. The van der Waals surface area contributed by atoms with Gasteiger partial charge in [0.2, 0.25) is 0 Å². The van der Waals surface area contributed by atoms with Crippen LogP contribution < -0.4 is 0 Å². The third-order valence-corrected chi connectivity index (χ3v) is 1.87. The van der Waals surface area contributed by atoms with Crippen molar-refractivity contribution in [2.45, 2.75) is 78.3 Å². The lowest BCUT2D eigenvalue weighted by Gasteiger charge is -2.11. The fraction of sp³-hybridized carbons (Fsp3) is 0.857. The van der Waals surface area contributed by atoms with Crippen LogP contribution in [0.15, 0.2) is 9.98 Å². The Morgan fingerprint density at radius 3 is 1.25 bits per heavy atom. The van der Waals surface area contributed by atoms with E-state index in [1.807, 2.05) is 0 Å². The highest BCUT2D eigenvalue weighted by Gasteiger charge is 2.04. The van der Waals surface area contributed by atoms with E-state index in [2.05, 4.69) is 64.0 Å². The summed E-state index contributed by atoms with van der Waals surface area (Å²) in [7, 11) is 0. The molecule has 0 unspecified atom stereocenters. The Bertz CT molecular complexity index is 200. The predicted octanol–water partition coefficient (Wildman–Crippen LogP) is 4.29. The van der Waals surface area contributed by atoms with Crippen LogP contribution in [0.3, 0.4) is 0 Å². The van der Waals surface area contributed by atoms with E-state index in [1.165, 1.54) is 12.8 Å². The van der Waals surface area contributed by atoms with Crippen molar-refractivity contribution in [3.8, 4) is 0 Å². The average Bonchev–Trinajstić information content (AvgIpc) is 2.06. The Hall–Kier alpha value is -0.660. The highest BCUT2D eigenvalue weighted by molar-refractivity contribution is 5.59. The third kappa shape index (κ3) is 13.3. The molecule has 2 heteroatoms. The molecular formula is C14H28N2. The monoisotopic (exact) mass is 224 g/mol. The maximum absolute atomic E-state index is 4.45. The summed E-state index contributed by atoms with van der Waals surface area (Å²) in [5, 5.41) is 0. The summed E-state index contributed by atoms with van der Waals surface area (Å²) >= 11 is 0. The molecule has 0 saturated carbocycles. The molecule has 0 aromatic heterocycles. The molecule has 0 aliphatic heterocycles. The van der Waals surface area contributed by atoms with Crippen molar-refractivity contribution in [3.05, 3.63) is 0 Å². The zero-order chi connectivity index (χ0) is 12.7. The molecule has 0 amide bonds. The Kier molecular flexibility index (Phi) is 6.54. The van der Waals surface area contributed by atoms with Crippen LogP contribution in [0.2, 0.25) is 0 Å². The van der Waals surface area contributed by atoms with Crippen LogP contribution in [-0.2, 0) is 0 Å². The number of hydrogen-bond donors (Lipinski definition) is 0. The predicted molar refractivity (Wildman–Crippen MR) is 75.0 cm³/mol. The minimum absolute atomic E-state index is 0.0771. The van der Waals surface area contributed by atoms with Gasteiger partial charge in [-0.05, 0) is 79.7 Å². The first-order valence-electron chi connectivity index (χ1n) is 6.28. The summed E-state index contributed by atoms with van der Waals surface area (Å²) in [5.74, 6) is 0. The van der Waals surface area contributed by atoms with Crippen LogP contribution in [0.5, 0.6) is 0 Å². The van der Waals surface area contributed by atoms with Gasteiger partial charge in [-0.1, -0.05) is 0 Å². The van der Waals surface area contributed by atoms with Crippen molar-refractivity contribution in [2.75, 3.05) is 0 Å². The minimum Gasteiger partial charge on any atom is -0.292 e. The molecular weight excluding hydrogens is 196 g/mol. The fourth-order valence-electron chi connectivity index (χ4n) is 1.15. The van der Waals surface area contributed by atoms with Crippen LogP contribution in [0.1, 0.15) is 67.2 Å². The van der Waals surface area contributed by atoms with Gasteiger partial charge in [0.1, 0.15) is 0 Å². The molecule has 0 radical (unpaired) electrons. The molecule has 0 heterocycles. The Morgan fingerprint density at radius 2 is 1.00 bits per heavy atom. The fourth-order valence-corrected chi connectivity index (χ4v) is 1.15. The molecule has 16 heavy (non-hydrogen) atoms. The number of unbranched alkanes of at least 4 members (excludes halogenated alkanes) is 3. The Balaban J connectivity index is 3.49. The largest absolute Gasteiger partial charge is 0.292 e. The van der Waals surface area contributed by atoms with Gasteiger partial charge in [0.05, 0.1) is 11.1 Å². The van der Waals surface area contributed by atoms with Crippen molar-refractivity contribution < 1.29 is 0 Å². The van der Waals surface area contributed by atoms with Crippen molar-refractivity contribution in [1.82, 2.24) is 0 Å². The van der Waals surface area contributed by atoms with Gasteiger partial charge in [0.25, 0.3) is 0 Å². The van der Waals surface area contributed by atoms with Crippen molar-refractivity contribution in [2.24, 2.45) is 9.98 Å². The molecule has 0 aliphatic rings. The van der Waals surface area contributed by atoms with Gasteiger partial charge in [-0.3, -0.25) is 9.98 Å². The molecule has 2 nitrogen and oxygen atoms in total. The van der Waals surface area contributed by atoms with E-state index in [4.69, 9.17) is 0 Å². The standard InChI is InChI=1S/C14H28N2/c1-13(2,3)15-11-9-7-8-10-12-16-14(4,5)6/h11-12H,7-10H2,1-6H3. The molecule has 94 valence electrons. The molecule has 0 aromatic rings. The van der Waals surface area contributed by atoms with Crippen LogP contribution in [0.25, 0.3) is 0 Å². The SMILES string of the molecule is CC(C)(C)N=CCCCCC=NC(C)(C)C. The molecule has 0 aliphatic carbocycles. The van der Waals surface area contributed by atoms with Crippen LogP contribution >= 0.6 is 0 Å². The van der Waals surface area contributed by atoms with Gasteiger partial charge in [-0.2, -0.15) is 0 Å². The summed E-state index contributed by atoms with van der Waals surface area (Å²) in [5.41, 5.74) is 0.154. The second-order valence-corrected chi connectivity index (χ2v) is 6.25. The average molecular weight is 224 g/mol. The summed E-state index contributed by atoms with van der Waals surface area (Å²) < 4.78 is 0. The highest BCUT2D eigenvalue weighted by atomic mass is 14.8. The van der Waals surface area contributed by atoms with E-state index in [9.17, 15) is 0 Å². The molecule has 0 fully saturated rings. The Morgan fingerprint density at radius 1 is 0.688 bits per heavy atom. The topological polar surface area (TPSA) is 24.7 Å². The molecule has 0 N–H and O–H groups in total. The molecule has 0 aromatic carbocycles. The lowest BCUT2D eigenvalue weighted by Crippen LogP contribution is -2.09. The molecule has 0 atom stereocenters. The highest BCUT2D eigenvalue weighted by Crippen LogP contribution is 2.07. The molecule has 0 rings (SSSR count). The van der Waals surface area contributed by atoms with Gasteiger partial charge < -0.3 is 0 Å². The van der Waals surface area contributed by atoms with E-state index in [1.54, 1.807) is 0 Å². The van der Waals surface area contributed by atoms with Crippen molar-refractivity contribution in [1.29, 1.82) is 0 Å². The quantitative estimate of drug-likeness (QED) is 0.492. The minimum atomic E-state index is 0.0771. The summed E-state index contributed by atoms with van der Waals surface area (Å²) in [6, 6.07) is 0. The third-order valence-electron chi connectivity index (χ3n) is 1.87. The van der Waals surface area contributed by atoms with E-state index < -0.39 is 0 Å². The number of nitrogens with zero attached hydrogens (tertiary/aromatic N) is 2. The summed E-state index contributed by atoms with van der Waals surface area (Å²) in [6.45, 7) is 12.7. The first-order valence-corrected chi connectivity index (χ1v) is 6.28. The lowest BCUT2D eigenvalue weighted by atomic mass is 10.1. The van der Waals surface area contributed by atoms with Gasteiger partial charge >= 0.3 is 0 Å².